The van der Waals surface area contributed by atoms with Crippen LogP contribution < -0.4 is 0 Å². The third kappa shape index (κ3) is 4.83. The van der Waals surface area contributed by atoms with Crippen molar-refractivity contribution < 1.29 is 14.3 Å². The van der Waals surface area contributed by atoms with Gasteiger partial charge in [-0.3, -0.25) is 9.59 Å². The van der Waals surface area contributed by atoms with E-state index in [-0.39, 0.29) is 30.8 Å². The van der Waals surface area contributed by atoms with E-state index in [9.17, 15) is 9.59 Å². The molecular weight excluding hydrogens is 339 g/mol. The summed E-state index contributed by atoms with van der Waals surface area (Å²) in [5.41, 5.74) is 0.890. The van der Waals surface area contributed by atoms with Gasteiger partial charge >= 0.3 is 0 Å². The summed E-state index contributed by atoms with van der Waals surface area (Å²) in [7, 11) is 3.36. The van der Waals surface area contributed by atoms with Crippen molar-refractivity contribution in [3.05, 3.63) is 33.8 Å². The minimum Gasteiger partial charge on any atom is -0.370 e. The van der Waals surface area contributed by atoms with Gasteiger partial charge in [-0.15, -0.1) is 0 Å². The fourth-order valence-electron chi connectivity index (χ4n) is 2.39. The van der Waals surface area contributed by atoms with Crippen molar-refractivity contribution in [1.29, 1.82) is 0 Å². The molecular formula is C16H20Cl2N2O3. The highest BCUT2D eigenvalue weighted by Crippen LogP contribution is 2.29. The fraction of sp³-hybridized carbons (Fsp3) is 0.500. The molecule has 0 bridgehead atoms. The number of ether oxygens (including phenoxy) is 1. The number of nitrogens with zero attached hydrogens (tertiary/aromatic N) is 2. The predicted molar refractivity (Wildman–Crippen MR) is 89.7 cm³/mol. The van der Waals surface area contributed by atoms with Crippen LogP contribution in [0.2, 0.25) is 10.0 Å². The molecule has 0 radical (unpaired) electrons. The number of morpholine rings is 1. The Kier molecular flexibility index (Phi) is 6.27. The molecule has 0 saturated carbocycles. The predicted octanol–water partition coefficient (Wildman–Crippen LogP) is 2.76. The molecule has 1 atom stereocenters. The number of hydrogen-bond acceptors (Lipinski definition) is 3. The van der Waals surface area contributed by atoms with E-state index in [1.807, 2.05) is 6.07 Å². The second-order valence-corrected chi connectivity index (χ2v) is 6.48. The summed E-state index contributed by atoms with van der Waals surface area (Å²) in [4.78, 5) is 27.1. The molecule has 23 heavy (non-hydrogen) atoms. The highest BCUT2D eigenvalue weighted by Gasteiger charge is 2.26. The summed E-state index contributed by atoms with van der Waals surface area (Å²) in [6.07, 6.45) is 0.207. The first kappa shape index (κ1) is 18.0. The van der Waals surface area contributed by atoms with E-state index in [2.05, 4.69) is 0 Å². The molecule has 0 unspecified atom stereocenters. The first-order chi connectivity index (χ1) is 10.9. The normalized spacial score (nSPS) is 17.9. The Bertz CT molecular complexity index is 593. The number of rotatable bonds is 4. The largest absolute Gasteiger partial charge is 0.370 e. The number of amides is 2. The van der Waals surface area contributed by atoms with Gasteiger partial charge in [0, 0.05) is 33.5 Å². The lowest BCUT2D eigenvalue weighted by molar-refractivity contribution is -0.141. The standard InChI is InChI=1S/C16H20Cl2N2O3/c1-19(2)15(21)5-6-16(22)20-7-8-23-14(10-20)11-3-4-12(17)13(18)9-11/h3-4,9,14H,5-8,10H2,1-2H3/t14-/m0/s1. The van der Waals surface area contributed by atoms with Crippen LogP contribution in [0, 0.1) is 0 Å². The second-order valence-electron chi connectivity index (χ2n) is 5.66. The number of hydrogen-bond donors (Lipinski definition) is 0. The molecule has 0 spiro atoms. The highest BCUT2D eigenvalue weighted by molar-refractivity contribution is 6.42. The number of carbonyl (C=O) groups is 2. The average Bonchev–Trinajstić information content (AvgIpc) is 2.54. The Morgan fingerprint density at radius 1 is 1.26 bits per heavy atom. The van der Waals surface area contributed by atoms with Crippen LogP contribution in [-0.4, -0.2) is 55.4 Å². The minimum atomic E-state index is -0.230. The van der Waals surface area contributed by atoms with Crippen LogP contribution in [0.1, 0.15) is 24.5 Å². The second kappa shape index (κ2) is 7.99. The molecule has 7 heteroatoms. The average molecular weight is 359 g/mol. The molecule has 1 fully saturated rings. The van der Waals surface area contributed by atoms with Crippen LogP contribution in [0.4, 0.5) is 0 Å². The molecule has 2 amide bonds. The summed E-state index contributed by atoms with van der Waals surface area (Å²) in [5.74, 6) is -0.0822. The van der Waals surface area contributed by atoms with Crippen molar-refractivity contribution in [3.63, 3.8) is 0 Å². The molecule has 1 aromatic carbocycles. The van der Waals surface area contributed by atoms with Crippen LogP contribution in [0.15, 0.2) is 18.2 Å². The van der Waals surface area contributed by atoms with E-state index in [0.717, 1.165) is 5.56 Å². The third-order valence-electron chi connectivity index (χ3n) is 3.79. The Morgan fingerprint density at radius 2 is 2.00 bits per heavy atom. The van der Waals surface area contributed by atoms with Gasteiger partial charge in [-0.1, -0.05) is 29.3 Å². The van der Waals surface area contributed by atoms with Crippen LogP contribution in [0.3, 0.4) is 0 Å². The molecule has 5 nitrogen and oxygen atoms in total. The summed E-state index contributed by atoms with van der Waals surface area (Å²) < 4.78 is 5.73. The van der Waals surface area contributed by atoms with E-state index >= 15 is 0 Å². The molecule has 0 N–H and O–H groups in total. The lowest BCUT2D eigenvalue weighted by Crippen LogP contribution is -2.42. The van der Waals surface area contributed by atoms with Gasteiger partial charge in [0.1, 0.15) is 6.10 Å². The number of halogens is 2. The van der Waals surface area contributed by atoms with Crippen molar-refractivity contribution in [2.45, 2.75) is 18.9 Å². The Hall–Kier alpha value is -1.30. The third-order valence-corrected chi connectivity index (χ3v) is 4.53. The Labute approximate surface area is 146 Å². The maximum atomic E-state index is 12.3. The lowest BCUT2D eigenvalue weighted by atomic mass is 10.1. The molecule has 1 aliphatic rings. The fourth-order valence-corrected chi connectivity index (χ4v) is 2.69. The monoisotopic (exact) mass is 358 g/mol. The van der Waals surface area contributed by atoms with E-state index < -0.39 is 0 Å². The van der Waals surface area contributed by atoms with Crippen LogP contribution in [0.25, 0.3) is 0 Å². The van der Waals surface area contributed by atoms with E-state index in [1.54, 1.807) is 31.1 Å². The maximum absolute atomic E-state index is 12.3. The van der Waals surface area contributed by atoms with Gasteiger partial charge in [-0.25, -0.2) is 0 Å². The number of carbonyl (C=O) groups excluding carboxylic acids is 2. The zero-order valence-electron chi connectivity index (χ0n) is 13.2. The zero-order valence-corrected chi connectivity index (χ0v) is 14.7. The van der Waals surface area contributed by atoms with Crippen molar-refractivity contribution >= 4 is 35.0 Å². The van der Waals surface area contributed by atoms with Gasteiger partial charge in [0.2, 0.25) is 11.8 Å². The summed E-state index contributed by atoms with van der Waals surface area (Å²) in [6.45, 7) is 1.44. The summed E-state index contributed by atoms with van der Waals surface area (Å²) in [5, 5.41) is 0.953. The lowest BCUT2D eigenvalue weighted by Gasteiger charge is -2.33. The highest BCUT2D eigenvalue weighted by atomic mass is 35.5. The summed E-state index contributed by atoms with van der Waals surface area (Å²) in [6, 6.07) is 5.33. The van der Waals surface area contributed by atoms with Gasteiger partial charge in [0.05, 0.1) is 23.2 Å². The van der Waals surface area contributed by atoms with E-state index in [4.69, 9.17) is 27.9 Å². The topological polar surface area (TPSA) is 49.9 Å². The summed E-state index contributed by atoms with van der Waals surface area (Å²) >= 11 is 12.0. The first-order valence-corrected chi connectivity index (χ1v) is 8.18. The van der Waals surface area contributed by atoms with Crippen molar-refractivity contribution in [3.8, 4) is 0 Å². The Morgan fingerprint density at radius 3 is 2.65 bits per heavy atom. The van der Waals surface area contributed by atoms with Crippen LogP contribution in [0.5, 0.6) is 0 Å². The van der Waals surface area contributed by atoms with Gasteiger partial charge in [-0.05, 0) is 17.7 Å². The molecule has 0 aliphatic carbocycles. The van der Waals surface area contributed by atoms with Gasteiger partial charge < -0.3 is 14.5 Å². The molecule has 126 valence electrons. The number of benzene rings is 1. The molecule has 1 heterocycles. The molecule has 1 aliphatic heterocycles. The van der Waals surface area contributed by atoms with Gasteiger partial charge in [0.15, 0.2) is 0 Å². The minimum absolute atomic E-state index is 0.0337. The molecule has 0 aromatic heterocycles. The molecule has 1 aromatic rings. The van der Waals surface area contributed by atoms with E-state index in [0.29, 0.717) is 29.7 Å². The van der Waals surface area contributed by atoms with Gasteiger partial charge in [0.25, 0.3) is 0 Å². The smallest absolute Gasteiger partial charge is 0.223 e. The Balaban J connectivity index is 1.96. The SMILES string of the molecule is CN(C)C(=O)CCC(=O)N1CCO[C@H](c2ccc(Cl)c(Cl)c2)C1. The zero-order chi connectivity index (χ0) is 17.0. The van der Waals surface area contributed by atoms with Crippen molar-refractivity contribution in [2.24, 2.45) is 0 Å². The molecule has 2 rings (SSSR count). The van der Waals surface area contributed by atoms with E-state index in [1.165, 1.54) is 4.90 Å². The quantitative estimate of drug-likeness (QED) is 0.831. The van der Waals surface area contributed by atoms with Crippen LogP contribution in [-0.2, 0) is 14.3 Å². The first-order valence-electron chi connectivity index (χ1n) is 7.43. The van der Waals surface area contributed by atoms with Crippen molar-refractivity contribution in [1.82, 2.24) is 9.80 Å². The maximum Gasteiger partial charge on any atom is 0.223 e. The van der Waals surface area contributed by atoms with Crippen molar-refractivity contribution in [2.75, 3.05) is 33.8 Å². The van der Waals surface area contributed by atoms with Gasteiger partial charge in [-0.2, -0.15) is 0 Å². The van der Waals surface area contributed by atoms with Crippen LogP contribution >= 0.6 is 23.2 Å². The molecule has 1 saturated heterocycles.